The smallest absolute Gasteiger partial charge is 0.338 e. The highest BCUT2D eigenvalue weighted by Crippen LogP contribution is 2.42. The second kappa shape index (κ2) is 31.4. The van der Waals surface area contributed by atoms with Crippen molar-refractivity contribution in [2.24, 2.45) is 11.8 Å². The first-order valence-electron chi connectivity index (χ1n) is 31.3. The van der Waals surface area contributed by atoms with Crippen molar-refractivity contribution >= 4 is 71.9 Å². The molecular weight excluding hydrogens is 1290 g/mol. The van der Waals surface area contributed by atoms with Crippen molar-refractivity contribution < 1.29 is 60.7 Å². The van der Waals surface area contributed by atoms with Gasteiger partial charge in [-0.1, -0.05) is 236 Å². The van der Waals surface area contributed by atoms with Crippen molar-refractivity contribution in [3.63, 3.8) is 0 Å². The van der Waals surface area contributed by atoms with E-state index < -0.39 is 100 Å². The van der Waals surface area contributed by atoms with E-state index >= 15 is 8.78 Å². The minimum Gasteiger partial charge on any atom is -0.449 e. The van der Waals surface area contributed by atoms with Crippen LogP contribution < -0.4 is 20.7 Å². The molecule has 1 N–H and O–H groups in total. The van der Waals surface area contributed by atoms with Gasteiger partial charge in [-0.2, -0.15) is 0 Å². The van der Waals surface area contributed by atoms with E-state index in [-0.39, 0.29) is 35.1 Å². The van der Waals surface area contributed by atoms with Crippen LogP contribution in [0.15, 0.2) is 206 Å². The number of alkyl halides is 1. The van der Waals surface area contributed by atoms with Crippen molar-refractivity contribution in [2.45, 2.75) is 180 Å². The number of aliphatic hydroxyl groups is 1. The molecular formula is C74H93F2IO11Si2. The molecule has 16 heteroatoms. The van der Waals surface area contributed by atoms with Crippen molar-refractivity contribution in [3.05, 3.63) is 217 Å². The summed E-state index contributed by atoms with van der Waals surface area (Å²) < 4.78 is 84.5. The lowest BCUT2D eigenvalue weighted by molar-refractivity contribution is -0.155. The molecule has 0 radical (unpaired) electrons. The zero-order chi connectivity index (χ0) is 65.7. The maximum atomic E-state index is 16.6. The van der Waals surface area contributed by atoms with E-state index in [2.05, 4.69) is 113 Å². The van der Waals surface area contributed by atoms with Crippen LogP contribution in [0.3, 0.4) is 0 Å². The number of rotatable bonds is 24. The zero-order valence-corrected chi connectivity index (χ0v) is 58.9. The summed E-state index contributed by atoms with van der Waals surface area (Å²) in [6, 6.07) is 58.5. The Hall–Kier alpha value is -5.52. The van der Waals surface area contributed by atoms with E-state index in [4.69, 9.17) is 37.3 Å². The first-order valence-corrected chi connectivity index (χ1v) is 36.6. The van der Waals surface area contributed by atoms with Crippen LogP contribution in [-0.2, 0) is 37.3 Å². The first kappa shape index (κ1) is 71.9. The summed E-state index contributed by atoms with van der Waals surface area (Å²) in [5.41, 5.74) is 0.638. The summed E-state index contributed by atoms with van der Waals surface area (Å²) in [7, 11) is -5.77. The average Bonchev–Trinajstić information content (AvgIpc) is 1.06. The van der Waals surface area contributed by atoms with Gasteiger partial charge in [0.15, 0.2) is 23.8 Å². The third-order valence-electron chi connectivity index (χ3n) is 16.8. The lowest BCUT2D eigenvalue weighted by Gasteiger charge is -2.45. The Bertz CT molecular complexity index is 2960. The van der Waals surface area contributed by atoms with Crippen molar-refractivity contribution in [3.8, 4) is 0 Å². The van der Waals surface area contributed by atoms with Gasteiger partial charge in [0.05, 0.1) is 23.3 Å². The topological polar surface area (TPSA) is 128 Å². The molecule has 6 aromatic rings. The fourth-order valence-corrected chi connectivity index (χ4v) is 22.3. The van der Waals surface area contributed by atoms with Gasteiger partial charge < -0.3 is 42.4 Å². The number of esters is 2. The molecule has 2 fully saturated rings. The largest absolute Gasteiger partial charge is 0.449 e. The first-order chi connectivity index (χ1) is 42.6. The maximum Gasteiger partial charge on any atom is 0.338 e. The molecule has 0 saturated carbocycles. The molecule has 11 nitrogen and oxygen atoms in total. The van der Waals surface area contributed by atoms with Crippen molar-refractivity contribution in [1.29, 1.82) is 0 Å². The third kappa shape index (κ3) is 17.6. The van der Waals surface area contributed by atoms with Gasteiger partial charge in [0.25, 0.3) is 16.6 Å². The monoisotopic (exact) mass is 1380 g/mol. The molecule has 90 heavy (non-hydrogen) atoms. The molecule has 8 rings (SSSR count). The molecule has 0 aliphatic carbocycles. The van der Waals surface area contributed by atoms with E-state index in [1.165, 1.54) is 12.2 Å². The highest BCUT2D eigenvalue weighted by atomic mass is 127. The van der Waals surface area contributed by atoms with Crippen molar-refractivity contribution in [1.82, 2.24) is 0 Å². The van der Waals surface area contributed by atoms with Crippen LogP contribution in [0.5, 0.6) is 0 Å². The van der Waals surface area contributed by atoms with Gasteiger partial charge in [0, 0.05) is 35.1 Å². The summed E-state index contributed by atoms with van der Waals surface area (Å²) in [6.07, 6.45) is -2.51. The average molecular weight is 1380 g/mol. The molecule has 10 atom stereocenters. The summed E-state index contributed by atoms with van der Waals surface area (Å²) in [5.74, 6) is -5.27. The van der Waals surface area contributed by atoms with Crippen LogP contribution in [-0.4, -0.2) is 105 Å². The molecule has 6 aromatic carbocycles. The SMILES string of the molecule is C[C@H](/C=C(/F)C(OC(=O)c1ccccc1)C1OC(C)(C)O[C@H]1CCI)[C@H](C)O[Si](c1ccccc1)(c1ccccc1)C(C)(C)C.C[C@H](/C=C(/F)C(OC(=O)c1ccccc1)C1OC(C)(C)O[C@H]1CCO)[C@H](C)O[Si](c1ccccc1)(c1ccccc1)C(C)(C)C. The molecule has 2 aliphatic rings. The van der Waals surface area contributed by atoms with E-state index in [1.807, 2.05) is 107 Å². The van der Waals surface area contributed by atoms with Crippen LogP contribution in [0.2, 0.25) is 10.1 Å². The van der Waals surface area contributed by atoms with E-state index in [1.54, 1.807) is 82.3 Å². The second-order valence-electron chi connectivity index (χ2n) is 26.4. The Morgan fingerprint density at radius 3 is 1.04 bits per heavy atom. The minimum atomic E-state index is -2.90. The summed E-state index contributed by atoms with van der Waals surface area (Å²) >= 11 is 2.27. The number of benzene rings is 6. The summed E-state index contributed by atoms with van der Waals surface area (Å²) in [5, 5.41) is 13.8. The number of carbonyl (C=O) groups excluding carboxylic acids is 2. The molecule has 2 saturated heterocycles. The Morgan fingerprint density at radius 2 is 0.778 bits per heavy atom. The lowest BCUT2D eigenvalue weighted by Crippen LogP contribution is -2.67. The van der Waals surface area contributed by atoms with Gasteiger partial charge in [-0.05, 0) is 122 Å². The fourth-order valence-electron chi connectivity index (χ4n) is 12.1. The molecule has 0 bridgehead atoms. The zero-order valence-electron chi connectivity index (χ0n) is 54.7. The Labute approximate surface area is 549 Å². The Kier molecular flexibility index (Phi) is 25.1. The Morgan fingerprint density at radius 1 is 0.500 bits per heavy atom. The second-order valence-corrected chi connectivity index (χ2v) is 36.0. The predicted molar refractivity (Wildman–Crippen MR) is 367 cm³/mol. The lowest BCUT2D eigenvalue weighted by atomic mass is 10.00. The van der Waals surface area contributed by atoms with E-state index in [0.717, 1.165) is 25.2 Å². The number of carbonyl (C=O) groups is 2. The van der Waals surface area contributed by atoms with Gasteiger partial charge >= 0.3 is 11.9 Å². The molecule has 484 valence electrons. The van der Waals surface area contributed by atoms with Crippen LogP contribution >= 0.6 is 22.6 Å². The highest BCUT2D eigenvalue weighted by Gasteiger charge is 2.54. The number of halogens is 3. The normalized spacial score (nSPS) is 20.8. The van der Waals surface area contributed by atoms with Gasteiger partial charge in [0.1, 0.15) is 23.9 Å². The number of hydrogen-bond donors (Lipinski definition) is 1. The van der Waals surface area contributed by atoms with Crippen LogP contribution in [0, 0.1) is 11.8 Å². The van der Waals surface area contributed by atoms with E-state index in [9.17, 15) is 14.7 Å². The molecule has 0 amide bonds. The highest BCUT2D eigenvalue weighted by molar-refractivity contribution is 14.1. The van der Waals surface area contributed by atoms with Crippen LogP contribution in [0.4, 0.5) is 8.78 Å². The minimum absolute atomic E-state index is 0.189. The quantitative estimate of drug-likeness (QED) is 0.0269. The molecule has 2 heterocycles. The number of aliphatic hydroxyl groups excluding tert-OH is 1. The molecule has 0 spiro atoms. The van der Waals surface area contributed by atoms with Crippen LogP contribution in [0.25, 0.3) is 0 Å². The fraction of sp³-hybridized carbons (Fsp3) is 0.432. The maximum absolute atomic E-state index is 16.6. The summed E-state index contributed by atoms with van der Waals surface area (Å²) in [4.78, 5) is 26.4. The molecule has 4 unspecified atom stereocenters. The predicted octanol–water partition coefficient (Wildman–Crippen LogP) is 14.6. The van der Waals surface area contributed by atoms with Crippen LogP contribution in [0.1, 0.15) is 130 Å². The molecule has 0 aromatic heterocycles. The van der Waals surface area contributed by atoms with Gasteiger partial charge in [-0.3, -0.25) is 0 Å². The Balaban J connectivity index is 0.000000256. The standard InChI is InChI=1S/C37H46FIO5Si.C37H47FO6Si/c2*1-26(27(2)44-45(36(3,4)5,29-19-13-9-14-20-29)30-21-15-10-16-22-30)25-31(38)33(41-35(40)28-17-11-8-12-18-28)34-32(23-24-39)42-37(6,7)43-34/h8-22,25-27,32-34H,23-24H2,1-7H3;8-22,25-27,32-34,39H,23-24H2,1-7H3/b2*31-25+/t2*26-,27+,32+,33?,34?/m11/s1. The number of hydrogen-bond acceptors (Lipinski definition) is 11. The van der Waals surface area contributed by atoms with Gasteiger partial charge in [0.2, 0.25) is 0 Å². The third-order valence-corrected chi connectivity index (χ3v) is 27.6. The van der Waals surface area contributed by atoms with Gasteiger partial charge in [-0.15, -0.1) is 0 Å². The van der Waals surface area contributed by atoms with Gasteiger partial charge in [-0.25, -0.2) is 18.4 Å². The van der Waals surface area contributed by atoms with Crippen molar-refractivity contribution in [2.75, 3.05) is 11.0 Å². The molecule has 2 aliphatic heterocycles. The number of ether oxygens (including phenoxy) is 6. The van der Waals surface area contributed by atoms with E-state index in [0.29, 0.717) is 17.5 Å². The summed E-state index contributed by atoms with van der Waals surface area (Å²) in [6.45, 7) is 27.9.